The molecule has 0 bridgehead atoms. The number of hydrogen-bond donors (Lipinski definition) is 0. The van der Waals surface area contributed by atoms with Crippen molar-refractivity contribution in [3.63, 3.8) is 0 Å². The maximum atomic E-state index is 11.9. The molecule has 0 amide bonds. The van der Waals surface area contributed by atoms with Gasteiger partial charge in [0, 0.05) is 19.3 Å². The smallest absolute Gasteiger partial charge is 0.305 e. The molecule has 7 atom stereocenters. The maximum absolute atomic E-state index is 11.9. The van der Waals surface area contributed by atoms with E-state index < -0.39 is 0 Å². The van der Waals surface area contributed by atoms with E-state index in [-0.39, 0.29) is 5.97 Å². The fourth-order valence-corrected chi connectivity index (χ4v) is 4.76. The number of esters is 1. The number of carbonyl (C=O) groups excluding carboxylic acids is 1. The Kier molecular flexibility index (Phi) is 10.6. The molecule has 0 aromatic rings. The number of carbonyl (C=O) groups is 1. The summed E-state index contributed by atoms with van der Waals surface area (Å²) in [6, 6.07) is 0. The Balaban J connectivity index is 1.08. The van der Waals surface area contributed by atoms with E-state index in [0.29, 0.717) is 55.6 Å². The van der Waals surface area contributed by atoms with Crippen molar-refractivity contribution in [3.8, 4) is 0 Å². The molecule has 0 saturated carbocycles. The first-order chi connectivity index (χ1) is 15.1. The van der Waals surface area contributed by atoms with Gasteiger partial charge < -0.3 is 18.9 Å². The molecule has 3 saturated heterocycles. The average molecular weight is 439 g/mol. The summed E-state index contributed by atoms with van der Waals surface area (Å²) >= 11 is 0. The van der Waals surface area contributed by atoms with Gasteiger partial charge in [-0.2, -0.15) is 0 Å². The highest BCUT2D eigenvalue weighted by Gasteiger charge is 2.51. The molecular formula is C26H46O5. The maximum Gasteiger partial charge on any atom is 0.305 e. The van der Waals surface area contributed by atoms with E-state index in [1.165, 1.54) is 44.9 Å². The molecule has 0 radical (unpaired) electrons. The highest BCUT2D eigenvalue weighted by molar-refractivity contribution is 5.69. The molecule has 5 heteroatoms. The minimum absolute atomic E-state index is 0.0109. The van der Waals surface area contributed by atoms with Crippen LogP contribution in [0.5, 0.6) is 0 Å². The van der Waals surface area contributed by atoms with Gasteiger partial charge in [-0.3, -0.25) is 4.79 Å². The Morgan fingerprint density at radius 1 is 0.774 bits per heavy atom. The summed E-state index contributed by atoms with van der Waals surface area (Å²) in [7, 11) is 0. The monoisotopic (exact) mass is 438 g/mol. The second-order valence-corrected chi connectivity index (χ2v) is 9.92. The minimum atomic E-state index is -0.0109. The van der Waals surface area contributed by atoms with Gasteiger partial charge in [0.1, 0.15) is 0 Å². The van der Waals surface area contributed by atoms with Gasteiger partial charge in [0.05, 0.1) is 43.2 Å². The normalized spacial score (nSPS) is 32.0. The minimum Gasteiger partial charge on any atom is -0.465 e. The Morgan fingerprint density at radius 3 is 2.06 bits per heavy atom. The van der Waals surface area contributed by atoms with Crippen LogP contribution in [0.2, 0.25) is 0 Å². The van der Waals surface area contributed by atoms with Crippen molar-refractivity contribution in [2.45, 2.75) is 147 Å². The molecule has 180 valence electrons. The Hall–Kier alpha value is -0.650. The third-order valence-electron chi connectivity index (χ3n) is 7.29. The standard InChI is InChI=1S/C26H46O5/c1-4-7-13-19(5-2)18-28-26(27)15-12-10-8-9-11-14-21-23(30-21)17-25-24(31-25)16-22-20(6-3)29-22/h19-25H,4-18H2,1-3H3. The van der Waals surface area contributed by atoms with Gasteiger partial charge in [-0.1, -0.05) is 65.7 Å². The zero-order valence-corrected chi connectivity index (χ0v) is 20.2. The van der Waals surface area contributed by atoms with Crippen LogP contribution in [-0.2, 0) is 23.7 Å². The lowest BCUT2D eigenvalue weighted by Gasteiger charge is -2.14. The predicted molar refractivity (Wildman–Crippen MR) is 122 cm³/mol. The number of epoxide rings is 3. The first kappa shape index (κ1) is 25.0. The largest absolute Gasteiger partial charge is 0.465 e. The van der Waals surface area contributed by atoms with Crippen LogP contribution in [0.25, 0.3) is 0 Å². The quantitative estimate of drug-likeness (QED) is 0.141. The van der Waals surface area contributed by atoms with Crippen LogP contribution in [0.4, 0.5) is 0 Å². The summed E-state index contributed by atoms with van der Waals surface area (Å²) in [5.74, 6) is 0.526. The van der Waals surface area contributed by atoms with Gasteiger partial charge in [-0.05, 0) is 31.6 Å². The molecule has 3 aliphatic rings. The highest BCUT2D eigenvalue weighted by atomic mass is 16.6. The summed E-state index contributed by atoms with van der Waals surface area (Å²) in [4.78, 5) is 11.9. The molecule has 0 aromatic carbocycles. The second kappa shape index (κ2) is 13.2. The molecule has 3 aliphatic heterocycles. The molecule has 31 heavy (non-hydrogen) atoms. The van der Waals surface area contributed by atoms with Gasteiger partial charge >= 0.3 is 5.97 Å². The zero-order chi connectivity index (χ0) is 22.1. The topological polar surface area (TPSA) is 63.9 Å². The molecule has 5 nitrogen and oxygen atoms in total. The van der Waals surface area contributed by atoms with Gasteiger partial charge in [0.2, 0.25) is 0 Å². The van der Waals surface area contributed by atoms with E-state index in [4.69, 9.17) is 18.9 Å². The van der Waals surface area contributed by atoms with Gasteiger partial charge in [-0.25, -0.2) is 0 Å². The van der Waals surface area contributed by atoms with E-state index in [1.54, 1.807) is 0 Å². The molecule has 0 spiro atoms. The fraction of sp³-hybridized carbons (Fsp3) is 0.962. The lowest BCUT2D eigenvalue weighted by molar-refractivity contribution is -0.145. The summed E-state index contributed by atoms with van der Waals surface area (Å²) < 4.78 is 22.7. The molecule has 3 heterocycles. The summed E-state index contributed by atoms with van der Waals surface area (Å²) in [5.41, 5.74) is 0. The van der Waals surface area contributed by atoms with Gasteiger partial charge in [-0.15, -0.1) is 0 Å². The van der Waals surface area contributed by atoms with Crippen molar-refractivity contribution in [2.75, 3.05) is 6.61 Å². The Morgan fingerprint density at radius 2 is 1.39 bits per heavy atom. The van der Waals surface area contributed by atoms with Crippen LogP contribution < -0.4 is 0 Å². The number of rotatable bonds is 19. The molecule has 7 unspecified atom stereocenters. The third kappa shape index (κ3) is 9.39. The first-order valence-corrected chi connectivity index (χ1v) is 13.3. The van der Waals surface area contributed by atoms with E-state index in [0.717, 1.165) is 38.5 Å². The summed E-state index contributed by atoms with van der Waals surface area (Å²) in [5, 5.41) is 0. The Bertz CT molecular complexity index is 524. The number of unbranched alkanes of at least 4 members (excludes halogenated alkanes) is 5. The van der Waals surface area contributed by atoms with Crippen LogP contribution in [-0.4, -0.2) is 49.2 Å². The molecule has 3 fully saturated rings. The van der Waals surface area contributed by atoms with Crippen LogP contribution in [0.1, 0.15) is 111 Å². The van der Waals surface area contributed by atoms with Crippen LogP contribution >= 0.6 is 0 Å². The predicted octanol–water partition coefficient (Wildman–Crippen LogP) is 5.97. The van der Waals surface area contributed by atoms with Crippen LogP contribution in [0, 0.1) is 5.92 Å². The third-order valence-corrected chi connectivity index (χ3v) is 7.29. The van der Waals surface area contributed by atoms with E-state index >= 15 is 0 Å². The van der Waals surface area contributed by atoms with E-state index in [1.807, 2.05) is 0 Å². The second-order valence-electron chi connectivity index (χ2n) is 9.92. The van der Waals surface area contributed by atoms with E-state index in [9.17, 15) is 4.79 Å². The molecular weight excluding hydrogens is 392 g/mol. The zero-order valence-electron chi connectivity index (χ0n) is 20.2. The number of ether oxygens (including phenoxy) is 4. The lowest BCUT2D eigenvalue weighted by Crippen LogP contribution is -2.13. The van der Waals surface area contributed by atoms with Crippen LogP contribution in [0.3, 0.4) is 0 Å². The number of hydrogen-bond acceptors (Lipinski definition) is 5. The highest BCUT2D eigenvalue weighted by Crippen LogP contribution is 2.42. The van der Waals surface area contributed by atoms with Crippen LogP contribution in [0.15, 0.2) is 0 Å². The molecule has 0 aliphatic carbocycles. The average Bonchev–Trinajstić information content (AvgIpc) is 3.68. The molecule has 3 rings (SSSR count). The van der Waals surface area contributed by atoms with Gasteiger partial charge in [0.15, 0.2) is 0 Å². The molecule has 0 aromatic heterocycles. The van der Waals surface area contributed by atoms with Crippen molar-refractivity contribution in [1.82, 2.24) is 0 Å². The summed E-state index contributed by atoms with van der Waals surface area (Å²) in [6.45, 7) is 7.19. The Labute approximate surface area is 189 Å². The van der Waals surface area contributed by atoms with Crippen molar-refractivity contribution in [1.29, 1.82) is 0 Å². The van der Waals surface area contributed by atoms with Crippen molar-refractivity contribution in [3.05, 3.63) is 0 Å². The SMILES string of the molecule is CCCCC(CC)COC(=O)CCCCCCCC1OC1CC1OC1CC1OC1CC. The van der Waals surface area contributed by atoms with Crippen molar-refractivity contribution < 1.29 is 23.7 Å². The van der Waals surface area contributed by atoms with Crippen molar-refractivity contribution >= 4 is 5.97 Å². The fourth-order valence-electron chi connectivity index (χ4n) is 4.76. The van der Waals surface area contributed by atoms with Crippen molar-refractivity contribution in [2.24, 2.45) is 5.92 Å². The van der Waals surface area contributed by atoms with E-state index in [2.05, 4.69) is 20.8 Å². The lowest BCUT2D eigenvalue weighted by atomic mass is 10.0. The first-order valence-electron chi connectivity index (χ1n) is 13.3. The summed E-state index contributed by atoms with van der Waals surface area (Å²) in [6.07, 6.45) is 18.1. The molecule has 0 N–H and O–H groups in total. The van der Waals surface area contributed by atoms with Gasteiger partial charge in [0.25, 0.3) is 0 Å².